The zero-order valence-electron chi connectivity index (χ0n) is 16.4. The van der Waals surface area contributed by atoms with Crippen LogP contribution in [0.2, 0.25) is 0 Å². The smallest absolute Gasteiger partial charge is 0.164 e. The van der Waals surface area contributed by atoms with E-state index in [1.165, 1.54) is 0 Å². The van der Waals surface area contributed by atoms with Crippen LogP contribution in [0.1, 0.15) is 30.4 Å². The van der Waals surface area contributed by atoms with Gasteiger partial charge in [-0.3, -0.25) is 4.79 Å². The molecule has 152 valence electrons. The zero-order chi connectivity index (χ0) is 20.5. The summed E-state index contributed by atoms with van der Waals surface area (Å²) in [7, 11) is 1.62. The van der Waals surface area contributed by atoms with Crippen LogP contribution in [0.4, 0.5) is 0 Å². The maximum absolute atomic E-state index is 12.7. The molecular formula is C22H25N3O4. The molecule has 7 heteroatoms. The summed E-state index contributed by atoms with van der Waals surface area (Å²) in [4.78, 5) is 15.7. The molecule has 2 aromatic rings. The lowest BCUT2D eigenvalue weighted by Gasteiger charge is -2.25. The SMILES string of the molecule is COc1ccc(CO[C@@H]2C(=O)CC[C@@H](N=[N+]=[N-])C[C@H]2OCc2ccccc2)cc1. The van der Waals surface area contributed by atoms with Crippen molar-refractivity contribution in [3.8, 4) is 5.75 Å². The molecule has 0 aromatic heterocycles. The van der Waals surface area contributed by atoms with Crippen LogP contribution in [0.5, 0.6) is 5.75 Å². The van der Waals surface area contributed by atoms with E-state index >= 15 is 0 Å². The molecule has 7 nitrogen and oxygen atoms in total. The molecule has 3 atom stereocenters. The van der Waals surface area contributed by atoms with Gasteiger partial charge in [-0.05, 0) is 41.6 Å². The fourth-order valence-electron chi connectivity index (χ4n) is 3.39. The van der Waals surface area contributed by atoms with E-state index in [4.69, 9.17) is 19.7 Å². The molecule has 1 aliphatic rings. The lowest BCUT2D eigenvalue weighted by molar-refractivity contribution is -0.144. The summed E-state index contributed by atoms with van der Waals surface area (Å²) in [6.07, 6.45) is 0.104. The summed E-state index contributed by atoms with van der Waals surface area (Å²) in [6, 6.07) is 17.0. The molecule has 0 amide bonds. The van der Waals surface area contributed by atoms with Crippen molar-refractivity contribution in [2.75, 3.05) is 7.11 Å². The van der Waals surface area contributed by atoms with Crippen molar-refractivity contribution in [1.82, 2.24) is 0 Å². The monoisotopic (exact) mass is 395 g/mol. The van der Waals surface area contributed by atoms with Gasteiger partial charge in [0.2, 0.25) is 0 Å². The van der Waals surface area contributed by atoms with E-state index in [1.807, 2.05) is 54.6 Å². The fourth-order valence-corrected chi connectivity index (χ4v) is 3.39. The minimum atomic E-state index is -0.695. The number of azide groups is 1. The van der Waals surface area contributed by atoms with Gasteiger partial charge in [-0.2, -0.15) is 0 Å². The van der Waals surface area contributed by atoms with E-state index in [1.54, 1.807) is 7.11 Å². The van der Waals surface area contributed by atoms with Crippen LogP contribution in [0.15, 0.2) is 59.7 Å². The molecule has 0 spiro atoms. The number of hydrogen-bond acceptors (Lipinski definition) is 5. The number of benzene rings is 2. The molecule has 1 aliphatic carbocycles. The first-order valence-corrected chi connectivity index (χ1v) is 9.66. The average molecular weight is 395 g/mol. The highest BCUT2D eigenvalue weighted by Crippen LogP contribution is 2.25. The minimum absolute atomic E-state index is 0.0211. The number of carbonyl (C=O) groups is 1. The Bertz CT molecular complexity index is 835. The van der Waals surface area contributed by atoms with Crippen LogP contribution in [-0.4, -0.2) is 31.1 Å². The van der Waals surface area contributed by atoms with Crippen LogP contribution in [0.25, 0.3) is 10.4 Å². The minimum Gasteiger partial charge on any atom is -0.497 e. The second kappa shape index (κ2) is 10.6. The maximum Gasteiger partial charge on any atom is 0.164 e. The fraction of sp³-hybridized carbons (Fsp3) is 0.409. The Kier molecular flexibility index (Phi) is 7.64. The van der Waals surface area contributed by atoms with Gasteiger partial charge in [0.15, 0.2) is 5.78 Å². The van der Waals surface area contributed by atoms with Crippen molar-refractivity contribution in [3.05, 3.63) is 76.2 Å². The number of methoxy groups -OCH3 is 1. The van der Waals surface area contributed by atoms with Crippen LogP contribution in [-0.2, 0) is 27.5 Å². The average Bonchev–Trinajstić information content (AvgIpc) is 2.91. The standard InChI is InChI=1S/C22H25N3O4/c1-27-19-10-7-17(8-11-19)15-29-22-20(26)12-9-18(24-25-23)13-21(22)28-14-16-5-3-2-4-6-16/h2-8,10-11,18,21-22H,9,12-15H2,1H3/t18-,21-,22-/m1/s1. The van der Waals surface area contributed by atoms with Crippen LogP contribution in [0, 0.1) is 0 Å². The van der Waals surface area contributed by atoms with Crippen molar-refractivity contribution >= 4 is 5.78 Å². The third-order valence-electron chi connectivity index (χ3n) is 4.99. The molecule has 0 aliphatic heterocycles. The Morgan fingerprint density at radius 2 is 1.72 bits per heavy atom. The number of hydrogen-bond donors (Lipinski definition) is 0. The molecule has 0 unspecified atom stereocenters. The molecule has 1 fully saturated rings. The van der Waals surface area contributed by atoms with Crippen LogP contribution in [0.3, 0.4) is 0 Å². The summed E-state index contributed by atoms with van der Waals surface area (Å²) in [5, 5.41) is 3.83. The summed E-state index contributed by atoms with van der Waals surface area (Å²) < 4.78 is 17.3. The Morgan fingerprint density at radius 3 is 2.41 bits per heavy atom. The number of Topliss-reactive ketones (excluding diaryl/α,β-unsaturated/α-hetero) is 1. The molecule has 1 saturated carbocycles. The highest BCUT2D eigenvalue weighted by Gasteiger charge is 2.35. The number of carbonyl (C=O) groups excluding carboxylic acids is 1. The predicted octanol–water partition coefficient (Wildman–Crippen LogP) is 4.60. The molecule has 29 heavy (non-hydrogen) atoms. The molecule has 0 bridgehead atoms. The topological polar surface area (TPSA) is 93.5 Å². The Hall–Kier alpha value is -2.86. The molecule has 0 radical (unpaired) electrons. The van der Waals surface area contributed by atoms with Gasteiger partial charge in [0, 0.05) is 17.4 Å². The van der Waals surface area contributed by atoms with Crippen molar-refractivity contribution in [3.63, 3.8) is 0 Å². The first-order chi connectivity index (χ1) is 14.2. The summed E-state index contributed by atoms with van der Waals surface area (Å²) >= 11 is 0. The van der Waals surface area contributed by atoms with Gasteiger partial charge in [-0.15, -0.1) is 0 Å². The summed E-state index contributed by atoms with van der Waals surface area (Å²) in [5.41, 5.74) is 10.8. The molecule has 0 saturated heterocycles. The van der Waals surface area contributed by atoms with E-state index in [9.17, 15) is 4.79 Å². The highest BCUT2D eigenvalue weighted by molar-refractivity contribution is 5.84. The molecule has 2 aromatic carbocycles. The largest absolute Gasteiger partial charge is 0.497 e. The Balaban J connectivity index is 1.71. The van der Waals surface area contributed by atoms with E-state index in [2.05, 4.69) is 10.0 Å². The Morgan fingerprint density at radius 1 is 1.03 bits per heavy atom. The molecular weight excluding hydrogens is 370 g/mol. The van der Waals surface area contributed by atoms with E-state index in [-0.39, 0.29) is 18.4 Å². The molecule has 3 rings (SSSR count). The summed E-state index contributed by atoms with van der Waals surface area (Å²) in [5.74, 6) is 0.743. The lowest BCUT2D eigenvalue weighted by atomic mass is 10.1. The van der Waals surface area contributed by atoms with Gasteiger partial charge in [-0.1, -0.05) is 47.6 Å². The number of nitrogens with zero attached hydrogens (tertiary/aromatic N) is 3. The van der Waals surface area contributed by atoms with E-state index < -0.39 is 12.2 Å². The van der Waals surface area contributed by atoms with Crippen molar-refractivity contribution in [2.45, 2.75) is 50.7 Å². The van der Waals surface area contributed by atoms with Crippen molar-refractivity contribution < 1.29 is 19.0 Å². The van der Waals surface area contributed by atoms with Crippen molar-refractivity contribution in [1.29, 1.82) is 0 Å². The number of ketones is 1. The van der Waals surface area contributed by atoms with Gasteiger partial charge in [0.25, 0.3) is 0 Å². The zero-order valence-corrected chi connectivity index (χ0v) is 16.4. The normalized spacial score (nSPS) is 21.8. The van der Waals surface area contributed by atoms with Gasteiger partial charge < -0.3 is 14.2 Å². The van der Waals surface area contributed by atoms with Gasteiger partial charge in [0.1, 0.15) is 11.9 Å². The van der Waals surface area contributed by atoms with E-state index in [0.717, 1.165) is 16.9 Å². The predicted molar refractivity (Wildman–Crippen MR) is 108 cm³/mol. The lowest BCUT2D eigenvalue weighted by Crippen LogP contribution is -2.37. The van der Waals surface area contributed by atoms with Crippen LogP contribution < -0.4 is 4.74 Å². The van der Waals surface area contributed by atoms with Crippen LogP contribution >= 0.6 is 0 Å². The summed E-state index contributed by atoms with van der Waals surface area (Å²) in [6.45, 7) is 0.655. The first kappa shape index (κ1) is 20.9. The second-order valence-corrected chi connectivity index (χ2v) is 7.01. The molecule has 0 heterocycles. The first-order valence-electron chi connectivity index (χ1n) is 9.66. The number of ether oxygens (including phenoxy) is 3. The third-order valence-corrected chi connectivity index (χ3v) is 4.99. The third kappa shape index (κ3) is 6.06. The maximum atomic E-state index is 12.7. The quantitative estimate of drug-likeness (QED) is 0.283. The molecule has 0 N–H and O–H groups in total. The van der Waals surface area contributed by atoms with Crippen molar-refractivity contribution in [2.24, 2.45) is 5.11 Å². The van der Waals surface area contributed by atoms with Gasteiger partial charge in [0.05, 0.1) is 26.4 Å². The Labute approximate surface area is 170 Å². The van der Waals surface area contributed by atoms with Gasteiger partial charge in [-0.25, -0.2) is 0 Å². The second-order valence-electron chi connectivity index (χ2n) is 7.01. The van der Waals surface area contributed by atoms with Gasteiger partial charge >= 0.3 is 0 Å². The number of rotatable bonds is 8. The van der Waals surface area contributed by atoms with E-state index in [0.29, 0.717) is 25.9 Å². The highest BCUT2D eigenvalue weighted by atomic mass is 16.5.